The van der Waals surface area contributed by atoms with Crippen LogP contribution in [0.2, 0.25) is 0 Å². The van der Waals surface area contributed by atoms with Crippen LogP contribution < -0.4 is 0 Å². The molecule has 0 unspecified atom stereocenters. The molecular formula is C14H17O. The lowest BCUT2D eigenvalue weighted by molar-refractivity contribution is 0.126. The first-order valence-electron chi connectivity index (χ1n) is 5.52. The second-order valence-electron chi connectivity index (χ2n) is 4.21. The number of hydrogen-bond acceptors (Lipinski definition) is 1. The van der Waals surface area contributed by atoms with E-state index in [-0.39, 0.29) is 12.0 Å². The van der Waals surface area contributed by atoms with Gasteiger partial charge < -0.3 is 5.11 Å². The van der Waals surface area contributed by atoms with Crippen LogP contribution in [0.4, 0.5) is 0 Å². The summed E-state index contributed by atoms with van der Waals surface area (Å²) in [4.78, 5) is 0. The Labute approximate surface area is 92.9 Å². The van der Waals surface area contributed by atoms with Crippen molar-refractivity contribution >= 4 is 0 Å². The second kappa shape index (κ2) is 4.98. The summed E-state index contributed by atoms with van der Waals surface area (Å²) < 4.78 is 0. The molecular weight excluding hydrogens is 184 g/mol. The van der Waals surface area contributed by atoms with Gasteiger partial charge in [0.05, 0.1) is 6.10 Å². The lowest BCUT2D eigenvalue weighted by Crippen LogP contribution is -2.17. The molecule has 2 saturated carbocycles. The summed E-state index contributed by atoms with van der Waals surface area (Å²) in [5.74, 6) is 1.78. The van der Waals surface area contributed by atoms with Crippen molar-refractivity contribution in [3.05, 3.63) is 56.4 Å². The summed E-state index contributed by atoms with van der Waals surface area (Å²) in [6.07, 6.45) is 16.2. The highest BCUT2D eigenvalue weighted by Crippen LogP contribution is 2.34. The number of rotatable bonds is 3. The van der Waals surface area contributed by atoms with Gasteiger partial charge in [0, 0.05) is 17.8 Å². The van der Waals surface area contributed by atoms with E-state index in [1.54, 1.807) is 0 Å². The summed E-state index contributed by atoms with van der Waals surface area (Å²) in [5.41, 5.74) is 0. The van der Waals surface area contributed by atoms with Gasteiger partial charge in [-0.3, -0.25) is 0 Å². The average Bonchev–Trinajstić information content (AvgIpc) is 2.85. The molecule has 0 heterocycles. The van der Waals surface area contributed by atoms with E-state index in [0.29, 0.717) is 5.92 Å². The zero-order valence-electron chi connectivity index (χ0n) is 8.84. The third-order valence-corrected chi connectivity index (χ3v) is 3.24. The monoisotopic (exact) mass is 201 g/mol. The minimum Gasteiger partial charge on any atom is -0.392 e. The molecule has 3 atom stereocenters. The van der Waals surface area contributed by atoms with Gasteiger partial charge in [-0.1, -0.05) is 18.2 Å². The minimum absolute atomic E-state index is 0.242. The Morgan fingerprint density at radius 1 is 1.20 bits per heavy atom. The molecule has 0 amide bonds. The third-order valence-electron chi connectivity index (χ3n) is 3.24. The van der Waals surface area contributed by atoms with Crippen molar-refractivity contribution in [2.45, 2.75) is 18.9 Å². The van der Waals surface area contributed by atoms with Crippen molar-refractivity contribution < 1.29 is 5.11 Å². The average molecular weight is 201 g/mol. The third kappa shape index (κ3) is 2.52. The maximum atomic E-state index is 9.95. The van der Waals surface area contributed by atoms with E-state index < -0.39 is 0 Å². The number of aliphatic hydroxyl groups excluding tert-OH is 1. The van der Waals surface area contributed by atoms with Crippen molar-refractivity contribution in [3.8, 4) is 0 Å². The highest BCUT2D eigenvalue weighted by atomic mass is 16.3. The van der Waals surface area contributed by atoms with Gasteiger partial charge in [-0.05, 0) is 38.5 Å². The van der Waals surface area contributed by atoms with Crippen LogP contribution >= 0.6 is 0 Å². The first-order valence-corrected chi connectivity index (χ1v) is 5.52. The van der Waals surface area contributed by atoms with Gasteiger partial charge in [-0.15, -0.1) is 6.58 Å². The van der Waals surface area contributed by atoms with Gasteiger partial charge in [0.15, 0.2) is 0 Å². The van der Waals surface area contributed by atoms with Crippen molar-refractivity contribution in [3.63, 3.8) is 0 Å². The van der Waals surface area contributed by atoms with E-state index in [4.69, 9.17) is 0 Å². The maximum absolute atomic E-state index is 9.95. The minimum atomic E-state index is -0.242. The van der Waals surface area contributed by atoms with E-state index in [0.717, 1.165) is 12.8 Å². The zero-order valence-corrected chi connectivity index (χ0v) is 8.84. The van der Waals surface area contributed by atoms with Crippen molar-refractivity contribution in [2.24, 2.45) is 11.8 Å². The molecule has 0 saturated heterocycles. The topological polar surface area (TPSA) is 20.2 Å². The molecule has 0 spiro atoms. The van der Waals surface area contributed by atoms with Crippen molar-refractivity contribution in [1.29, 1.82) is 0 Å². The summed E-state index contributed by atoms with van der Waals surface area (Å²) in [6, 6.07) is 0. The van der Waals surface area contributed by atoms with Crippen LogP contribution in [-0.2, 0) is 0 Å². The predicted molar refractivity (Wildman–Crippen MR) is 62.0 cm³/mol. The fraction of sp³-hybridized carbons (Fsp3) is 0.357. The van der Waals surface area contributed by atoms with Crippen LogP contribution in [0.25, 0.3) is 0 Å². The van der Waals surface area contributed by atoms with Crippen LogP contribution in [-0.4, -0.2) is 11.2 Å². The molecule has 2 aliphatic carbocycles. The van der Waals surface area contributed by atoms with Crippen molar-refractivity contribution in [2.75, 3.05) is 0 Å². The van der Waals surface area contributed by atoms with Crippen LogP contribution in [0.15, 0.2) is 24.8 Å². The summed E-state index contributed by atoms with van der Waals surface area (Å²) in [6.45, 7) is 3.75. The molecule has 0 aromatic rings. The smallest absolute Gasteiger partial charge is 0.0665 e. The predicted octanol–water partition coefficient (Wildman–Crippen LogP) is 2.52. The quantitative estimate of drug-likeness (QED) is 0.696. The molecule has 5 radical (unpaired) electrons. The van der Waals surface area contributed by atoms with E-state index >= 15 is 0 Å². The lowest BCUT2D eigenvalue weighted by Gasteiger charge is -2.14. The highest BCUT2D eigenvalue weighted by Gasteiger charge is 2.31. The van der Waals surface area contributed by atoms with Gasteiger partial charge in [0.25, 0.3) is 0 Å². The van der Waals surface area contributed by atoms with Gasteiger partial charge in [-0.25, -0.2) is 0 Å². The Morgan fingerprint density at radius 2 is 1.87 bits per heavy atom. The molecule has 15 heavy (non-hydrogen) atoms. The summed E-state index contributed by atoms with van der Waals surface area (Å²) in [7, 11) is 0. The maximum Gasteiger partial charge on any atom is 0.0665 e. The largest absolute Gasteiger partial charge is 0.392 e. The fourth-order valence-electron chi connectivity index (χ4n) is 2.25. The molecule has 0 aromatic carbocycles. The van der Waals surface area contributed by atoms with E-state index in [1.165, 1.54) is 5.92 Å². The second-order valence-corrected chi connectivity index (χ2v) is 4.21. The standard InChI is InChI=1S/C14H17O/c1-2-12-9-10-13(14(12)15)8-7-11-5-3-4-6-11/h2-8,12-15H,1,9-10H2/b8-7+/t12-,13+,14+/m1/s1. The summed E-state index contributed by atoms with van der Waals surface area (Å²) in [5, 5.41) is 9.95. The molecule has 0 bridgehead atoms. The van der Waals surface area contributed by atoms with E-state index in [1.807, 2.05) is 18.9 Å². The van der Waals surface area contributed by atoms with Gasteiger partial charge >= 0.3 is 0 Å². The Balaban J connectivity index is 1.86. The van der Waals surface area contributed by atoms with Crippen LogP contribution in [0.1, 0.15) is 12.8 Å². The first-order chi connectivity index (χ1) is 7.31. The Morgan fingerprint density at radius 3 is 2.47 bits per heavy atom. The molecule has 0 aliphatic heterocycles. The first kappa shape index (κ1) is 10.9. The summed E-state index contributed by atoms with van der Waals surface area (Å²) >= 11 is 0. The molecule has 2 fully saturated rings. The normalized spacial score (nSPS) is 37.8. The molecule has 1 heteroatoms. The van der Waals surface area contributed by atoms with Crippen LogP contribution in [0.3, 0.4) is 0 Å². The van der Waals surface area contributed by atoms with Gasteiger partial charge in [0.2, 0.25) is 0 Å². The van der Waals surface area contributed by atoms with E-state index in [2.05, 4.69) is 31.6 Å². The Bertz CT molecular complexity index is 238. The van der Waals surface area contributed by atoms with Crippen LogP contribution in [0, 0.1) is 43.4 Å². The fourth-order valence-corrected chi connectivity index (χ4v) is 2.25. The Hall–Kier alpha value is -0.560. The number of hydrogen-bond donors (Lipinski definition) is 1. The van der Waals surface area contributed by atoms with Crippen molar-refractivity contribution in [1.82, 2.24) is 0 Å². The number of allylic oxidation sites excluding steroid dienone is 1. The molecule has 79 valence electrons. The highest BCUT2D eigenvalue weighted by molar-refractivity contribution is 5.42. The van der Waals surface area contributed by atoms with E-state index in [9.17, 15) is 5.11 Å². The Kier molecular flexibility index (Phi) is 3.63. The van der Waals surface area contributed by atoms with Gasteiger partial charge in [-0.2, -0.15) is 0 Å². The molecule has 2 aliphatic rings. The molecule has 1 N–H and O–H groups in total. The molecule has 1 nitrogen and oxygen atoms in total. The SMILES string of the molecule is C=C[C@@H]1CC[C@H](/C=C/[C]2[CH][CH][CH][CH]2)[C@H]1O. The molecule has 2 rings (SSSR count). The van der Waals surface area contributed by atoms with Gasteiger partial charge in [0.1, 0.15) is 0 Å². The van der Waals surface area contributed by atoms with Crippen LogP contribution in [0.5, 0.6) is 0 Å². The lowest BCUT2D eigenvalue weighted by atomic mass is 9.98. The molecule has 0 aromatic heterocycles. The number of aliphatic hydroxyl groups is 1. The zero-order chi connectivity index (χ0) is 10.7.